The van der Waals surface area contributed by atoms with E-state index in [1.54, 1.807) is 0 Å². The van der Waals surface area contributed by atoms with Gasteiger partial charge < -0.3 is 9.47 Å². The monoisotopic (exact) mass is 157 g/mol. The van der Waals surface area contributed by atoms with Gasteiger partial charge in [-0.2, -0.15) is 4.91 Å². The van der Waals surface area contributed by atoms with E-state index in [-0.39, 0.29) is 24.4 Å². The molecule has 0 radical (unpaired) electrons. The number of nitrogens with zero attached hydrogens (tertiary/aromatic N) is 1. The zero-order valence-electron chi connectivity index (χ0n) is 6.40. The lowest BCUT2D eigenvalue weighted by Gasteiger charge is -2.27. The van der Waals surface area contributed by atoms with Crippen molar-refractivity contribution in [1.29, 1.82) is 0 Å². The minimum atomic E-state index is -0.168. The normalized spacial score (nSPS) is 49.2. The van der Waals surface area contributed by atoms with Crippen molar-refractivity contribution in [2.75, 3.05) is 6.61 Å². The minimum Gasteiger partial charge on any atom is -0.350 e. The number of hydrogen-bond acceptors (Lipinski definition) is 4. The van der Waals surface area contributed by atoms with Gasteiger partial charge in [0.25, 0.3) is 0 Å². The summed E-state index contributed by atoms with van der Waals surface area (Å²) >= 11 is 0. The highest BCUT2D eigenvalue weighted by atomic mass is 16.7. The van der Waals surface area contributed by atoms with Crippen LogP contribution in [0, 0.1) is 10.8 Å². The fraction of sp³-hybridized carbons (Fsp3) is 1.00. The molecule has 0 aromatic rings. The summed E-state index contributed by atoms with van der Waals surface area (Å²) in [5, 5.41) is 3.06. The van der Waals surface area contributed by atoms with E-state index >= 15 is 0 Å². The summed E-state index contributed by atoms with van der Waals surface area (Å²) in [6.45, 7) is 2.61. The Labute approximate surface area is 64.8 Å². The van der Waals surface area contributed by atoms with Gasteiger partial charge in [-0.25, -0.2) is 0 Å². The van der Waals surface area contributed by atoms with Crippen molar-refractivity contribution in [3.8, 4) is 0 Å². The standard InChI is InChI=1S/C7H11NO3/c1-4-5(8-9)2-7-10-3-6(4)11-7/h4-7H,2-3H2,1H3. The third-order valence-corrected chi connectivity index (χ3v) is 2.54. The van der Waals surface area contributed by atoms with E-state index in [1.807, 2.05) is 6.92 Å². The van der Waals surface area contributed by atoms with Crippen molar-refractivity contribution in [2.24, 2.45) is 11.1 Å². The largest absolute Gasteiger partial charge is 0.350 e. The third kappa shape index (κ3) is 1.06. The van der Waals surface area contributed by atoms with Crippen LogP contribution in [-0.2, 0) is 9.47 Å². The molecule has 4 unspecified atom stereocenters. The Morgan fingerprint density at radius 3 is 3.09 bits per heavy atom. The summed E-state index contributed by atoms with van der Waals surface area (Å²) in [6, 6.07) is -0.110. The third-order valence-electron chi connectivity index (χ3n) is 2.54. The lowest BCUT2D eigenvalue weighted by Crippen LogP contribution is -2.36. The molecule has 2 rings (SSSR count). The first-order chi connectivity index (χ1) is 5.31. The fourth-order valence-electron chi connectivity index (χ4n) is 1.67. The fourth-order valence-corrected chi connectivity index (χ4v) is 1.67. The quantitative estimate of drug-likeness (QED) is 0.531. The Bertz CT molecular complexity index is 173. The molecule has 0 amide bonds. The van der Waals surface area contributed by atoms with E-state index in [2.05, 4.69) is 5.18 Å². The van der Waals surface area contributed by atoms with Crippen LogP contribution in [0.3, 0.4) is 0 Å². The Morgan fingerprint density at radius 2 is 2.36 bits per heavy atom. The predicted molar refractivity (Wildman–Crippen MR) is 38.0 cm³/mol. The van der Waals surface area contributed by atoms with Crippen molar-refractivity contribution in [1.82, 2.24) is 0 Å². The topological polar surface area (TPSA) is 47.9 Å². The molecule has 0 N–H and O–H groups in total. The highest BCUT2D eigenvalue weighted by Crippen LogP contribution is 2.32. The second kappa shape index (κ2) is 2.53. The molecule has 0 aromatic heterocycles. The summed E-state index contributed by atoms with van der Waals surface area (Å²) in [6.07, 6.45) is 0.552. The van der Waals surface area contributed by atoms with Crippen LogP contribution in [0.2, 0.25) is 0 Å². The minimum absolute atomic E-state index is 0.0939. The molecular formula is C7H11NO3. The summed E-state index contributed by atoms with van der Waals surface area (Å²) in [4.78, 5) is 10.3. The van der Waals surface area contributed by atoms with Gasteiger partial charge in [-0.05, 0) is 0 Å². The van der Waals surface area contributed by atoms with Crippen molar-refractivity contribution in [2.45, 2.75) is 31.8 Å². The van der Waals surface area contributed by atoms with E-state index in [0.717, 1.165) is 0 Å². The molecule has 4 nitrogen and oxygen atoms in total. The van der Waals surface area contributed by atoms with Crippen LogP contribution in [0.25, 0.3) is 0 Å². The maximum absolute atomic E-state index is 10.3. The second-order valence-electron chi connectivity index (χ2n) is 3.21. The predicted octanol–water partition coefficient (Wildman–Crippen LogP) is 0.903. The highest BCUT2D eigenvalue weighted by molar-refractivity contribution is 4.88. The maximum atomic E-state index is 10.3. The molecule has 62 valence electrons. The lowest BCUT2D eigenvalue weighted by atomic mass is 9.93. The van der Waals surface area contributed by atoms with Gasteiger partial charge in [0.2, 0.25) is 0 Å². The number of rotatable bonds is 1. The molecule has 0 spiro atoms. The van der Waals surface area contributed by atoms with Crippen LogP contribution < -0.4 is 0 Å². The molecule has 2 saturated heterocycles. The summed E-state index contributed by atoms with van der Waals surface area (Å²) in [5.74, 6) is 0.214. The molecule has 0 aliphatic carbocycles. The number of ether oxygens (including phenoxy) is 2. The van der Waals surface area contributed by atoms with Crippen LogP contribution in [0.15, 0.2) is 5.18 Å². The maximum Gasteiger partial charge on any atom is 0.160 e. The first kappa shape index (κ1) is 7.18. The first-order valence-electron chi connectivity index (χ1n) is 3.91. The van der Waals surface area contributed by atoms with Gasteiger partial charge in [0.05, 0.1) is 12.7 Å². The number of fused-ring (bicyclic) bond motifs is 2. The van der Waals surface area contributed by atoms with Crippen molar-refractivity contribution in [3.63, 3.8) is 0 Å². The molecule has 2 bridgehead atoms. The first-order valence-corrected chi connectivity index (χ1v) is 3.91. The Kier molecular flexibility index (Phi) is 1.65. The van der Waals surface area contributed by atoms with Crippen LogP contribution >= 0.6 is 0 Å². The molecule has 2 fully saturated rings. The summed E-state index contributed by atoms with van der Waals surface area (Å²) in [7, 11) is 0. The molecule has 11 heavy (non-hydrogen) atoms. The van der Waals surface area contributed by atoms with Gasteiger partial charge in [-0.1, -0.05) is 12.1 Å². The zero-order valence-corrected chi connectivity index (χ0v) is 6.40. The summed E-state index contributed by atoms with van der Waals surface area (Å²) < 4.78 is 10.7. The molecule has 4 heteroatoms. The van der Waals surface area contributed by atoms with Crippen LogP contribution in [0.1, 0.15) is 13.3 Å². The van der Waals surface area contributed by atoms with Gasteiger partial charge >= 0.3 is 0 Å². The van der Waals surface area contributed by atoms with Crippen molar-refractivity contribution in [3.05, 3.63) is 4.91 Å². The Hall–Kier alpha value is -0.480. The number of hydrogen-bond donors (Lipinski definition) is 0. The molecule has 4 atom stereocenters. The van der Waals surface area contributed by atoms with Crippen LogP contribution in [0.5, 0.6) is 0 Å². The van der Waals surface area contributed by atoms with E-state index in [9.17, 15) is 4.91 Å². The smallest absolute Gasteiger partial charge is 0.160 e. The molecule has 2 aliphatic heterocycles. The SMILES string of the molecule is CC1C(N=O)CC2OCC1O2. The molecule has 0 aromatic carbocycles. The Morgan fingerprint density at radius 1 is 1.55 bits per heavy atom. The van der Waals surface area contributed by atoms with Gasteiger partial charge in [-0.3, -0.25) is 0 Å². The van der Waals surface area contributed by atoms with Gasteiger partial charge in [-0.15, -0.1) is 0 Å². The lowest BCUT2D eigenvalue weighted by molar-refractivity contribution is -0.102. The average Bonchev–Trinajstić information content (AvgIpc) is 2.42. The van der Waals surface area contributed by atoms with Crippen LogP contribution in [-0.4, -0.2) is 25.0 Å². The molecule has 0 saturated carbocycles. The van der Waals surface area contributed by atoms with Crippen molar-refractivity contribution >= 4 is 0 Å². The number of nitroso groups, excluding NO2 is 1. The van der Waals surface area contributed by atoms with E-state index < -0.39 is 0 Å². The van der Waals surface area contributed by atoms with E-state index in [1.165, 1.54) is 0 Å². The van der Waals surface area contributed by atoms with Gasteiger partial charge in [0, 0.05) is 12.3 Å². The van der Waals surface area contributed by atoms with Gasteiger partial charge in [0.1, 0.15) is 6.04 Å². The molecule has 2 aliphatic rings. The molecular weight excluding hydrogens is 146 g/mol. The van der Waals surface area contributed by atoms with E-state index in [4.69, 9.17) is 9.47 Å². The average molecular weight is 157 g/mol. The van der Waals surface area contributed by atoms with Crippen LogP contribution in [0.4, 0.5) is 0 Å². The zero-order chi connectivity index (χ0) is 7.84. The highest BCUT2D eigenvalue weighted by Gasteiger charge is 2.42. The van der Waals surface area contributed by atoms with E-state index in [0.29, 0.717) is 13.0 Å². The molecule has 2 heterocycles. The second-order valence-corrected chi connectivity index (χ2v) is 3.21. The summed E-state index contributed by atoms with van der Waals surface area (Å²) in [5.41, 5.74) is 0. The van der Waals surface area contributed by atoms with Crippen molar-refractivity contribution < 1.29 is 9.47 Å². The Balaban J connectivity index is 2.11. The van der Waals surface area contributed by atoms with Gasteiger partial charge in [0.15, 0.2) is 6.29 Å².